The van der Waals surface area contributed by atoms with Crippen LogP contribution in [-0.2, 0) is 4.74 Å². The van der Waals surface area contributed by atoms with E-state index in [2.05, 4.69) is 21.7 Å². The number of nitrogens with zero attached hydrogens (tertiary/aromatic N) is 4. The second kappa shape index (κ2) is 7.41. The molecule has 0 bridgehead atoms. The molecule has 0 amide bonds. The molecule has 25 heavy (non-hydrogen) atoms. The third-order valence-electron chi connectivity index (χ3n) is 4.25. The number of ether oxygens (including phenoxy) is 1. The third-order valence-corrected chi connectivity index (χ3v) is 5.19. The van der Waals surface area contributed by atoms with Crippen LogP contribution in [0.1, 0.15) is 34.7 Å². The van der Waals surface area contributed by atoms with Crippen LogP contribution < -0.4 is 0 Å². The minimum absolute atomic E-state index is 0.0987. The number of hydrogen-bond acceptors (Lipinski definition) is 5. The predicted molar refractivity (Wildman–Crippen MR) is 98.5 cm³/mol. The molecule has 0 aliphatic carbocycles. The molecule has 0 fully saturated rings. The molecule has 0 aliphatic rings. The largest absolute Gasteiger partial charge is 0.383 e. The van der Waals surface area contributed by atoms with Gasteiger partial charge in [-0.25, -0.2) is 0 Å². The Morgan fingerprint density at radius 1 is 1.32 bits per heavy atom. The van der Waals surface area contributed by atoms with Gasteiger partial charge in [-0.15, -0.1) is 10.2 Å². The van der Waals surface area contributed by atoms with Crippen molar-refractivity contribution in [2.75, 3.05) is 19.5 Å². The van der Waals surface area contributed by atoms with Crippen LogP contribution in [0.5, 0.6) is 0 Å². The number of aromatic nitrogens is 4. The number of rotatable bonds is 7. The monoisotopic (exact) mass is 358 g/mol. The number of pyridine rings is 1. The first-order valence-corrected chi connectivity index (χ1v) is 9.14. The van der Waals surface area contributed by atoms with E-state index in [0.717, 1.165) is 27.8 Å². The Balaban J connectivity index is 1.76. The van der Waals surface area contributed by atoms with Gasteiger partial charge >= 0.3 is 0 Å². The maximum absolute atomic E-state index is 12.7. The van der Waals surface area contributed by atoms with E-state index in [-0.39, 0.29) is 11.8 Å². The van der Waals surface area contributed by atoms with Crippen LogP contribution in [-0.4, -0.2) is 44.4 Å². The summed E-state index contributed by atoms with van der Waals surface area (Å²) in [6.45, 7) is 6.72. The molecule has 3 aromatic heterocycles. The fraction of sp³-hybridized carbons (Fsp3) is 0.389. The minimum atomic E-state index is 0.0987. The van der Waals surface area contributed by atoms with E-state index in [1.807, 2.05) is 48.7 Å². The summed E-state index contributed by atoms with van der Waals surface area (Å²) in [6.07, 6.45) is 1.90. The van der Waals surface area contributed by atoms with Crippen molar-refractivity contribution >= 4 is 23.2 Å². The fourth-order valence-corrected chi connectivity index (χ4v) is 3.99. The van der Waals surface area contributed by atoms with Crippen molar-refractivity contribution < 1.29 is 9.53 Å². The van der Waals surface area contributed by atoms with Crippen molar-refractivity contribution in [2.45, 2.75) is 32.0 Å². The SMILES string of the molecule is COC[C@@H](C)n1c(C)cc(C(=O)CSc2nnc3ccccn23)c1C. The first-order chi connectivity index (χ1) is 12.0. The number of fused-ring (bicyclic) bond motifs is 1. The van der Waals surface area contributed by atoms with Crippen LogP contribution >= 0.6 is 11.8 Å². The summed E-state index contributed by atoms with van der Waals surface area (Å²) in [5, 5.41) is 9.00. The molecule has 3 rings (SSSR count). The highest BCUT2D eigenvalue weighted by molar-refractivity contribution is 7.99. The molecule has 0 N–H and O–H groups in total. The molecule has 0 aromatic carbocycles. The van der Waals surface area contributed by atoms with Crippen molar-refractivity contribution in [2.24, 2.45) is 0 Å². The third kappa shape index (κ3) is 3.48. The van der Waals surface area contributed by atoms with Gasteiger partial charge in [0.2, 0.25) is 0 Å². The smallest absolute Gasteiger partial charge is 0.196 e. The zero-order valence-corrected chi connectivity index (χ0v) is 15.7. The molecule has 7 heteroatoms. The molecule has 0 spiro atoms. The first-order valence-electron chi connectivity index (χ1n) is 8.16. The highest BCUT2D eigenvalue weighted by Crippen LogP contribution is 2.24. The summed E-state index contributed by atoms with van der Waals surface area (Å²) >= 11 is 1.41. The number of aryl methyl sites for hydroxylation is 1. The van der Waals surface area contributed by atoms with Crippen LogP contribution in [0.4, 0.5) is 0 Å². The quantitative estimate of drug-likeness (QED) is 0.479. The molecular weight excluding hydrogens is 336 g/mol. The molecule has 1 atom stereocenters. The van der Waals surface area contributed by atoms with Crippen LogP contribution in [0.25, 0.3) is 5.65 Å². The van der Waals surface area contributed by atoms with Crippen LogP contribution in [0.3, 0.4) is 0 Å². The Bertz CT molecular complexity index is 900. The lowest BCUT2D eigenvalue weighted by Gasteiger charge is -2.17. The zero-order valence-electron chi connectivity index (χ0n) is 14.9. The standard InChI is InChI=1S/C18H22N4O2S/c1-12-9-15(14(3)22(12)13(2)10-24-4)16(23)11-25-18-20-19-17-7-5-6-8-21(17)18/h5-9,13H,10-11H2,1-4H3/t13-/m1/s1. The van der Waals surface area contributed by atoms with Crippen LogP contribution in [0.2, 0.25) is 0 Å². The molecule has 132 valence electrons. The first kappa shape index (κ1) is 17.7. The number of ketones is 1. The summed E-state index contributed by atoms with van der Waals surface area (Å²) in [4.78, 5) is 12.7. The second-order valence-corrected chi connectivity index (χ2v) is 7.02. The van der Waals surface area contributed by atoms with E-state index in [0.29, 0.717) is 12.4 Å². The van der Waals surface area contributed by atoms with Crippen molar-refractivity contribution in [3.05, 3.63) is 47.4 Å². The van der Waals surface area contributed by atoms with Gasteiger partial charge in [0.05, 0.1) is 18.4 Å². The van der Waals surface area contributed by atoms with Crippen molar-refractivity contribution in [3.63, 3.8) is 0 Å². The van der Waals surface area contributed by atoms with E-state index in [1.54, 1.807) is 7.11 Å². The Kier molecular flexibility index (Phi) is 5.24. The summed E-state index contributed by atoms with van der Waals surface area (Å²) in [7, 11) is 1.69. The Morgan fingerprint density at radius 2 is 2.12 bits per heavy atom. The number of carbonyl (C=O) groups is 1. The number of carbonyl (C=O) groups excluding carboxylic acids is 1. The maximum Gasteiger partial charge on any atom is 0.196 e. The average molecular weight is 358 g/mol. The van der Waals surface area contributed by atoms with Gasteiger partial charge < -0.3 is 9.30 Å². The van der Waals surface area contributed by atoms with E-state index >= 15 is 0 Å². The Hall–Kier alpha value is -2.12. The number of thioether (sulfide) groups is 1. The van der Waals surface area contributed by atoms with E-state index in [1.165, 1.54) is 11.8 Å². The highest BCUT2D eigenvalue weighted by Gasteiger charge is 2.19. The lowest BCUT2D eigenvalue weighted by Crippen LogP contribution is -2.14. The summed E-state index contributed by atoms with van der Waals surface area (Å²) in [5.74, 6) is 0.431. The van der Waals surface area contributed by atoms with Gasteiger partial charge in [0.15, 0.2) is 16.6 Å². The summed E-state index contributed by atoms with van der Waals surface area (Å²) in [5.41, 5.74) is 3.60. The number of hydrogen-bond donors (Lipinski definition) is 0. The van der Waals surface area contributed by atoms with Crippen molar-refractivity contribution in [1.82, 2.24) is 19.2 Å². The number of methoxy groups -OCH3 is 1. The molecule has 0 unspecified atom stereocenters. The van der Waals surface area contributed by atoms with Gasteiger partial charge in [-0.3, -0.25) is 9.20 Å². The lowest BCUT2D eigenvalue weighted by molar-refractivity contribution is 0.102. The van der Waals surface area contributed by atoms with Gasteiger partial charge in [0.1, 0.15) is 0 Å². The molecule has 3 heterocycles. The van der Waals surface area contributed by atoms with Gasteiger partial charge in [-0.05, 0) is 39.0 Å². The van der Waals surface area contributed by atoms with E-state index in [9.17, 15) is 4.79 Å². The molecule has 0 radical (unpaired) electrons. The van der Waals surface area contributed by atoms with E-state index in [4.69, 9.17) is 4.74 Å². The molecule has 6 nitrogen and oxygen atoms in total. The van der Waals surface area contributed by atoms with Crippen molar-refractivity contribution in [3.8, 4) is 0 Å². The molecule has 3 aromatic rings. The predicted octanol–water partition coefficient (Wildman–Crippen LogP) is 3.33. The average Bonchev–Trinajstić information content (AvgIpc) is 3.13. The maximum atomic E-state index is 12.7. The zero-order chi connectivity index (χ0) is 18.0. The van der Waals surface area contributed by atoms with Crippen molar-refractivity contribution in [1.29, 1.82) is 0 Å². The molecular formula is C18H22N4O2S. The lowest BCUT2D eigenvalue weighted by atomic mass is 10.2. The molecule has 0 aliphatic heterocycles. The highest BCUT2D eigenvalue weighted by atomic mass is 32.2. The normalized spacial score (nSPS) is 12.6. The van der Waals surface area contributed by atoms with Crippen LogP contribution in [0, 0.1) is 13.8 Å². The summed E-state index contributed by atoms with van der Waals surface area (Å²) < 4.78 is 9.30. The Labute approximate surface area is 151 Å². The molecule has 0 saturated carbocycles. The van der Waals surface area contributed by atoms with Gasteiger partial charge in [-0.1, -0.05) is 17.8 Å². The second-order valence-electron chi connectivity index (χ2n) is 6.08. The van der Waals surface area contributed by atoms with E-state index < -0.39 is 0 Å². The minimum Gasteiger partial charge on any atom is -0.383 e. The van der Waals surface area contributed by atoms with Gasteiger partial charge in [0.25, 0.3) is 0 Å². The Morgan fingerprint density at radius 3 is 2.88 bits per heavy atom. The van der Waals surface area contributed by atoms with Crippen LogP contribution in [0.15, 0.2) is 35.6 Å². The summed E-state index contributed by atoms with van der Waals surface area (Å²) in [6, 6.07) is 7.89. The molecule has 0 saturated heterocycles. The fourth-order valence-electron chi connectivity index (χ4n) is 3.18. The van der Waals surface area contributed by atoms with Gasteiger partial charge in [-0.2, -0.15) is 0 Å². The van der Waals surface area contributed by atoms with Gasteiger partial charge in [0, 0.05) is 30.3 Å². The topological polar surface area (TPSA) is 61.4 Å². The number of Topliss-reactive ketones (excluding diaryl/α,β-unsaturated/α-hetero) is 1.